The van der Waals surface area contributed by atoms with Gasteiger partial charge in [0.2, 0.25) is 13.4 Å². The van der Waals surface area contributed by atoms with E-state index in [2.05, 4.69) is 133 Å². The molecule has 6 aromatic rings. The van der Waals surface area contributed by atoms with E-state index in [1.807, 2.05) is 0 Å². The molecular formula is C32H22B2. The van der Waals surface area contributed by atoms with Crippen LogP contribution in [-0.4, -0.2) is 13.4 Å². The van der Waals surface area contributed by atoms with E-state index in [-0.39, 0.29) is 13.4 Å². The van der Waals surface area contributed by atoms with Gasteiger partial charge >= 0.3 is 0 Å². The zero-order valence-corrected chi connectivity index (χ0v) is 18.9. The molecule has 0 spiro atoms. The number of rotatable bonds is 2. The number of benzene rings is 6. The van der Waals surface area contributed by atoms with Gasteiger partial charge in [-0.25, -0.2) is 0 Å². The third-order valence-electron chi connectivity index (χ3n) is 7.41. The Hall–Kier alpha value is -4.03. The summed E-state index contributed by atoms with van der Waals surface area (Å²) in [6.07, 6.45) is 0. The van der Waals surface area contributed by atoms with Gasteiger partial charge in [-0.3, -0.25) is 0 Å². The molecule has 0 saturated heterocycles. The van der Waals surface area contributed by atoms with Crippen LogP contribution in [0.25, 0.3) is 21.5 Å². The molecule has 0 amide bonds. The highest BCUT2D eigenvalue weighted by molar-refractivity contribution is 7.11. The molecule has 0 fully saturated rings. The van der Waals surface area contributed by atoms with Gasteiger partial charge in [0, 0.05) is 0 Å². The van der Waals surface area contributed by atoms with Crippen molar-refractivity contribution in [2.45, 2.75) is 0 Å². The molecule has 1 aliphatic heterocycles. The van der Waals surface area contributed by atoms with Crippen LogP contribution in [0.15, 0.2) is 133 Å². The smallest absolute Gasteiger partial charge is 0.0727 e. The summed E-state index contributed by atoms with van der Waals surface area (Å²) in [6, 6.07) is 49.3. The molecular weight excluding hydrogens is 406 g/mol. The average Bonchev–Trinajstić information content (AvgIpc) is 2.90. The second-order valence-electron chi connectivity index (χ2n) is 9.34. The first kappa shape index (κ1) is 19.4. The summed E-state index contributed by atoms with van der Waals surface area (Å²) in [5.41, 5.74) is 8.37. The van der Waals surface area contributed by atoms with E-state index in [0.29, 0.717) is 0 Å². The summed E-state index contributed by atoms with van der Waals surface area (Å²) < 4.78 is 0. The Labute approximate surface area is 201 Å². The molecule has 0 aliphatic carbocycles. The Morgan fingerprint density at radius 1 is 0.294 bits per heavy atom. The largest absolute Gasteiger partial charge is 0.240 e. The molecule has 0 unspecified atom stereocenters. The Kier molecular flexibility index (Phi) is 4.45. The van der Waals surface area contributed by atoms with Gasteiger partial charge in [-0.15, -0.1) is 0 Å². The zero-order valence-electron chi connectivity index (χ0n) is 18.9. The van der Waals surface area contributed by atoms with Crippen LogP contribution in [0, 0.1) is 0 Å². The van der Waals surface area contributed by atoms with Gasteiger partial charge in [0.1, 0.15) is 0 Å². The standard InChI is InChI=1S/C32H22B2/c1-3-15-27(16-4-1)33-29-19-23-11-7-9-13-25(23)21-31(29)34(28-17-5-2-6-18-28)32-22-26-14-10-8-12-24(26)20-30(32)33/h1-22H. The molecule has 7 rings (SSSR count). The molecule has 34 heavy (non-hydrogen) atoms. The zero-order chi connectivity index (χ0) is 22.5. The third kappa shape index (κ3) is 3.03. The number of fused-ring (bicyclic) bond motifs is 4. The Balaban J connectivity index is 1.62. The first-order chi connectivity index (χ1) is 16.9. The molecule has 0 N–H and O–H groups in total. The summed E-state index contributed by atoms with van der Waals surface area (Å²) in [6.45, 7) is 0.417. The van der Waals surface area contributed by atoms with Crippen molar-refractivity contribution in [3.05, 3.63) is 133 Å². The van der Waals surface area contributed by atoms with Crippen molar-refractivity contribution in [2.24, 2.45) is 0 Å². The SMILES string of the molecule is c1ccc(B2c3cc4ccccc4cc3B(c3ccccc3)c3cc4ccccc4cc32)cc1. The molecule has 0 atom stereocenters. The van der Waals surface area contributed by atoms with Gasteiger partial charge in [0.05, 0.1) is 0 Å². The van der Waals surface area contributed by atoms with E-state index in [4.69, 9.17) is 0 Å². The normalized spacial score (nSPS) is 12.6. The van der Waals surface area contributed by atoms with Crippen LogP contribution in [-0.2, 0) is 0 Å². The Morgan fingerprint density at radius 3 is 0.853 bits per heavy atom. The minimum atomic E-state index is 0.209. The summed E-state index contributed by atoms with van der Waals surface area (Å²) in [5, 5.41) is 5.22. The van der Waals surface area contributed by atoms with Gasteiger partial charge in [0.25, 0.3) is 0 Å². The molecule has 0 nitrogen and oxygen atoms in total. The third-order valence-corrected chi connectivity index (χ3v) is 7.41. The Bertz CT molecular complexity index is 1440. The highest BCUT2D eigenvalue weighted by Crippen LogP contribution is 2.16. The van der Waals surface area contributed by atoms with Crippen molar-refractivity contribution < 1.29 is 0 Å². The maximum absolute atomic E-state index is 2.44. The fourth-order valence-corrected chi connectivity index (χ4v) is 5.90. The minimum absolute atomic E-state index is 0.209. The van der Waals surface area contributed by atoms with Crippen LogP contribution in [0.4, 0.5) is 0 Å². The number of hydrogen-bond acceptors (Lipinski definition) is 0. The van der Waals surface area contributed by atoms with E-state index in [9.17, 15) is 0 Å². The van der Waals surface area contributed by atoms with Crippen LogP contribution in [0.2, 0.25) is 0 Å². The van der Waals surface area contributed by atoms with Crippen LogP contribution >= 0.6 is 0 Å². The molecule has 1 heterocycles. The van der Waals surface area contributed by atoms with E-state index in [1.54, 1.807) is 0 Å². The van der Waals surface area contributed by atoms with Gasteiger partial charge < -0.3 is 0 Å². The maximum atomic E-state index is 2.44. The van der Waals surface area contributed by atoms with Gasteiger partial charge in [-0.1, -0.05) is 166 Å². The predicted molar refractivity (Wildman–Crippen MR) is 150 cm³/mol. The summed E-state index contributed by atoms with van der Waals surface area (Å²) >= 11 is 0. The predicted octanol–water partition coefficient (Wildman–Crippen LogP) is 3.34. The van der Waals surface area contributed by atoms with Crippen molar-refractivity contribution in [1.29, 1.82) is 0 Å². The van der Waals surface area contributed by atoms with Crippen LogP contribution in [0.5, 0.6) is 0 Å². The highest BCUT2D eigenvalue weighted by atomic mass is 14.1. The van der Waals surface area contributed by atoms with Crippen molar-refractivity contribution in [2.75, 3.05) is 0 Å². The van der Waals surface area contributed by atoms with Crippen molar-refractivity contribution >= 4 is 67.7 Å². The number of hydrogen-bond donors (Lipinski definition) is 0. The minimum Gasteiger partial charge on any atom is -0.0727 e. The molecule has 156 valence electrons. The van der Waals surface area contributed by atoms with Gasteiger partial charge in [-0.05, 0) is 21.5 Å². The second-order valence-corrected chi connectivity index (χ2v) is 9.34. The van der Waals surface area contributed by atoms with E-state index >= 15 is 0 Å². The van der Waals surface area contributed by atoms with Crippen LogP contribution in [0.1, 0.15) is 0 Å². The average molecular weight is 428 g/mol. The monoisotopic (exact) mass is 428 g/mol. The van der Waals surface area contributed by atoms with E-state index < -0.39 is 0 Å². The quantitative estimate of drug-likeness (QED) is 0.371. The van der Waals surface area contributed by atoms with Crippen molar-refractivity contribution in [3.63, 3.8) is 0 Å². The fourth-order valence-electron chi connectivity index (χ4n) is 5.90. The molecule has 0 saturated carbocycles. The van der Waals surface area contributed by atoms with E-state index in [0.717, 1.165) is 0 Å². The fraction of sp³-hybridized carbons (Fsp3) is 0. The lowest BCUT2D eigenvalue weighted by Crippen LogP contribution is -2.75. The molecule has 0 bridgehead atoms. The molecule has 1 aliphatic rings. The first-order valence-corrected chi connectivity index (χ1v) is 12.0. The topological polar surface area (TPSA) is 0 Å². The lowest BCUT2D eigenvalue weighted by Gasteiger charge is -2.33. The second kappa shape index (κ2) is 7.78. The summed E-state index contributed by atoms with van der Waals surface area (Å²) in [4.78, 5) is 0. The molecule has 6 aromatic carbocycles. The Morgan fingerprint density at radius 2 is 0.559 bits per heavy atom. The van der Waals surface area contributed by atoms with Crippen LogP contribution in [0.3, 0.4) is 0 Å². The van der Waals surface area contributed by atoms with Gasteiger partial charge in [0.15, 0.2) is 0 Å². The maximum Gasteiger partial charge on any atom is 0.240 e. The lowest BCUT2D eigenvalue weighted by molar-refractivity contribution is 1.72. The molecule has 2 heteroatoms. The summed E-state index contributed by atoms with van der Waals surface area (Å²) in [7, 11) is 0. The van der Waals surface area contributed by atoms with Crippen LogP contribution < -0.4 is 32.8 Å². The highest BCUT2D eigenvalue weighted by Gasteiger charge is 2.38. The van der Waals surface area contributed by atoms with E-state index in [1.165, 1.54) is 54.3 Å². The van der Waals surface area contributed by atoms with Gasteiger partial charge in [-0.2, -0.15) is 0 Å². The lowest BCUT2D eigenvalue weighted by atomic mass is 9.21. The molecule has 0 radical (unpaired) electrons. The van der Waals surface area contributed by atoms with Crippen molar-refractivity contribution in [1.82, 2.24) is 0 Å². The van der Waals surface area contributed by atoms with Crippen molar-refractivity contribution in [3.8, 4) is 0 Å². The first-order valence-electron chi connectivity index (χ1n) is 12.0. The summed E-state index contributed by atoms with van der Waals surface area (Å²) in [5.74, 6) is 0. The molecule has 0 aromatic heterocycles.